The number of nitrogens with zero attached hydrogens (tertiary/aromatic N) is 1. The summed E-state index contributed by atoms with van der Waals surface area (Å²) in [6, 6.07) is 13.1. The van der Waals surface area contributed by atoms with Gasteiger partial charge in [-0.3, -0.25) is 0 Å². The van der Waals surface area contributed by atoms with Crippen molar-refractivity contribution in [2.75, 3.05) is 20.2 Å². The zero-order valence-electron chi connectivity index (χ0n) is 14.0. The van der Waals surface area contributed by atoms with Crippen molar-refractivity contribution in [1.82, 2.24) is 4.31 Å². The summed E-state index contributed by atoms with van der Waals surface area (Å²) in [5, 5.41) is 0. The van der Waals surface area contributed by atoms with E-state index in [1.54, 1.807) is 13.1 Å². The molecule has 0 aliphatic heterocycles. The summed E-state index contributed by atoms with van der Waals surface area (Å²) in [5.41, 5.74) is 2.84. The van der Waals surface area contributed by atoms with Gasteiger partial charge in [0.05, 0.1) is 4.90 Å². The number of hydrogen-bond donors (Lipinski definition) is 0. The number of rotatable bonds is 6. The van der Waals surface area contributed by atoms with Gasteiger partial charge < -0.3 is 4.74 Å². The van der Waals surface area contributed by atoms with Crippen molar-refractivity contribution in [1.29, 1.82) is 0 Å². The van der Waals surface area contributed by atoms with Gasteiger partial charge in [0.1, 0.15) is 12.4 Å². The highest BCUT2D eigenvalue weighted by atomic mass is 32.2. The zero-order chi connectivity index (χ0) is 17.0. The van der Waals surface area contributed by atoms with Gasteiger partial charge in [0.2, 0.25) is 10.0 Å². The largest absolute Gasteiger partial charge is 0.492 e. The standard InChI is InChI=1S/C18H23NO3S/c1-14-6-9-17(10-7-14)22-12-11-19(4)23(20,21)18-13-15(2)5-8-16(18)3/h5-10,13H,11-12H2,1-4H3. The van der Waals surface area contributed by atoms with E-state index in [2.05, 4.69) is 0 Å². The van der Waals surface area contributed by atoms with Gasteiger partial charge in [-0.05, 0) is 50.1 Å². The van der Waals surface area contributed by atoms with Crippen LogP contribution in [0.5, 0.6) is 5.75 Å². The molecule has 5 heteroatoms. The van der Waals surface area contributed by atoms with E-state index in [1.807, 2.05) is 57.2 Å². The number of likely N-dealkylation sites (N-methyl/N-ethyl adjacent to an activating group) is 1. The summed E-state index contributed by atoms with van der Waals surface area (Å²) >= 11 is 0. The Labute approximate surface area is 138 Å². The Morgan fingerprint density at radius 2 is 1.57 bits per heavy atom. The van der Waals surface area contributed by atoms with Crippen molar-refractivity contribution in [2.24, 2.45) is 0 Å². The third-order valence-corrected chi connectivity index (χ3v) is 5.73. The Morgan fingerprint density at radius 1 is 0.957 bits per heavy atom. The van der Waals surface area contributed by atoms with E-state index in [0.29, 0.717) is 18.0 Å². The van der Waals surface area contributed by atoms with Crippen LogP contribution in [0.2, 0.25) is 0 Å². The average molecular weight is 333 g/mol. The third-order valence-electron chi connectivity index (χ3n) is 3.73. The second kappa shape index (κ2) is 7.15. The maximum atomic E-state index is 12.7. The molecule has 2 aromatic carbocycles. The van der Waals surface area contributed by atoms with E-state index in [9.17, 15) is 8.42 Å². The van der Waals surface area contributed by atoms with Crippen LogP contribution in [0.25, 0.3) is 0 Å². The Kier molecular flexibility index (Phi) is 5.44. The van der Waals surface area contributed by atoms with Crippen LogP contribution in [-0.4, -0.2) is 32.9 Å². The van der Waals surface area contributed by atoms with Crippen LogP contribution in [0, 0.1) is 20.8 Å². The lowest BCUT2D eigenvalue weighted by Crippen LogP contribution is -2.31. The predicted molar refractivity (Wildman–Crippen MR) is 92.4 cm³/mol. The van der Waals surface area contributed by atoms with E-state index in [0.717, 1.165) is 22.4 Å². The summed E-state index contributed by atoms with van der Waals surface area (Å²) < 4.78 is 32.3. The summed E-state index contributed by atoms with van der Waals surface area (Å²) in [5.74, 6) is 0.744. The van der Waals surface area contributed by atoms with Crippen molar-refractivity contribution < 1.29 is 13.2 Å². The summed E-state index contributed by atoms with van der Waals surface area (Å²) in [7, 11) is -1.92. The van der Waals surface area contributed by atoms with Crippen LogP contribution in [0.15, 0.2) is 47.4 Å². The van der Waals surface area contributed by atoms with E-state index in [-0.39, 0.29) is 0 Å². The normalized spacial score (nSPS) is 11.7. The molecule has 0 saturated heterocycles. The lowest BCUT2D eigenvalue weighted by atomic mass is 10.2. The highest BCUT2D eigenvalue weighted by molar-refractivity contribution is 7.89. The van der Waals surface area contributed by atoms with Crippen LogP contribution < -0.4 is 4.74 Å². The molecular formula is C18H23NO3S. The highest BCUT2D eigenvalue weighted by Gasteiger charge is 2.22. The number of aryl methyl sites for hydroxylation is 3. The fourth-order valence-corrected chi connectivity index (χ4v) is 3.66. The van der Waals surface area contributed by atoms with Gasteiger partial charge in [0.15, 0.2) is 0 Å². The van der Waals surface area contributed by atoms with Crippen LogP contribution in [0.3, 0.4) is 0 Å². The molecule has 0 heterocycles. The molecule has 0 aromatic heterocycles. The van der Waals surface area contributed by atoms with Crippen molar-refractivity contribution in [3.05, 3.63) is 59.2 Å². The van der Waals surface area contributed by atoms with Crippen molar-refractivity contribution in [3.8, 4) is 5.75 Å². The molecule has 0 saturated carbocycles. The minimum absolute atomic E-state index is 0.295. The number of benzene rings is 2. The molecule has 2 rings (SSSR count). The first kappa shape index (κ1) is 17.5. The first-order valence-electron chi connectivity index (χ1n) is 7.54. The molecule has 0 aliphatic rings. The predicted octanol–water partition coefficient (Wildman–Crippen LogP) is 3.31. The molecule has 0 amide bonds. The van der Waals surface area contributed by atoms with Crippen molar-refractivity contribution >= 4 is 10.0 Å². The molecule has 0 atom stereocenters. The van der Waals surface area contributed by atoms with Gasteiger partial charge >= 0.3 is 0 Å². The molecule has 2 aromatic rings. The number of sulfonamides is 1. The van der Waals surface area contributed by atoms with Crippen molar-refractivity contribution in [2.45, 2.75) is 25.7 Å². The second-order valence-electron chi connectivity index (χ2n) is 5.76. The molecule has 0 unspecified atom stereocenters. The number of hydrogen-bond acceptors (Lipinski definition) is 3. The van der Waals surface area contributed by atoms with E-state index >= 15 is 0 Å². The Hall–Kier alpha value is -1.85. The lowest BCUT2D eigenvalue weighted by molar-refractivity contribution is 0.287. The van der Waals surface area contributed by atoms with E-state index in [1.165, 1.54) is 4.31 Å². The summed E-state index contributed by atoms with van der Waals surface area (Å²) in [4.78, 5) is 0.357. The molecular weight excluding hydrogens is 310 g/mol. The maximum Gasteiger partial charge on any atom is 0.243 e. The molecule has 0 spiro atoms. The Bertz CT molecular complexity index is 767. The fraction of sp³-hybridized carbons (Fsp3) is 0.333. The fourth-order valence-electron chi connectivity index (χ4n) is 2.20. The van der Waals surface area contributed by atoms with Gasteiger partial charge in [-0.25, -0.2) is 8.42 Å². The molecule has 124 valence electrons. The first-order chi connectivity index (χ1) is 10.8. The zero-order valence-corrected chi connectivity index (χ0v) is 14.9. The van der Waals surface area contributed by atoms with Crippen LogP contribution in [0.1, 0.15) is 16.7 Å². The smallest absolute Gasteiger partial charge is 0.243 e. The van der Waals surface area contributed by atoms with Crippen LogP contribution >= 0.6 is 0 Å². The molecule has 0 radical (unpaired) electrons. The SMILES string of the molecule is Cc1ccc(OCCN(C)S(=O)(=O)c2cc(C)ccc2C)cc1. The maximum absolute atomic E-state index is 12.7. The van der Waals surface area contributed by atoms with E-state index in [4.69, 9.17) is 4.74 Å². The highest BCUT2D eigenvalue weighted by Crippen LogP contribution is 2.20. The monoisotopic (exact) mass is 333 g/mol. The van der Waals surface area contributed by atoms with Gasteiger partial charge in [0, 0.05) is 13.6 Å². The van der Waals surface area contributed by atoms with Crippen LogP contribution in [0.4, 0.5) is 0 Å². The molecule has 23 heavy (non-hydrogen) atoms. The van der Waals surface area contributed by atoms with Gasteiger partial charge in [-0.1, -0.05) is 29.8 Å². The number of ether oxygens (including phenoxy) is 1. The molecule has 0 aliphatic carbocycles. The minimum atomic E-state index is -3.50. The van der Waals surface area contributed by atoms with E-state index < -0.39 is 10.0 Å². The topological polar surface area (TPSA) is 46.6 Å². The van der Waals surface area contributed by atoms with Crippen LogP contribution in [-0.2, 0) is 10.0 Å². The Morgan fingerprint density at radius 3 is 2.22 bits per heavy atom. The molecule has 0 fully saturated rings. The molecule has 4 nitrogen and oxygen atoms in total. The second-order valence-corrected chi connectivity index (χ2v) is 7.77. The summed E-state index contributed by atoms with van der Waals surface area (Å²) in [6.07, 6.45) is 0. The first-order valence-corrected chi connectivity index (χ1v) is 8.98. The summed E-state index contributed by atoms with van der Waals surface area (Å²) in [6.45, 7) is 6.31. The van der Waals surface area contributed by atoms with Gasteiger partial charge in [-0.15, -0.1) is 0 Å². The third kappa shape index (κ3) is 4.33. The van der Waals surface area contributed by atoms with Gasteiger partial charge in [-0.2, -0.15) is 4.31 Å². The lowest BCUT2D eigenvalue weighted by Gasteiger charge is -2.19. The molecule has 0 N–H and O–H groups in total. The van der Waals surface area contributed by atoms with Crippen molar-refractivity contribution in [3.63, 3.8) is 0 Å². The quantitative estimate of drug-likeness (QED) is 0.815. The Balaban J connectivity index is 2.02. The average Bonchev–Trinajstić information content (AvgIpc) is 2.51. The van der Waals surface area contributed by atoms with Gasteiger partial charge in [0.25, 0.3) is 0 Å². The molecule has 0 bridgehead atoms. The minimum Gasteiger partial charge on any atom is -0.492 e.